The van der Waals surface area contributed by atoms with Crippen LogP contribution in [0.2, 0.25) is 0 Å². The Kier molecular flexibility index (Phi) is 5.28. The first-order chi connectivity index (χ1) is 9.69. The Morgan fingerprint density at radius 2 is 2.20 bits per heavy atom. The molecule has 0 aliphatic rings. The molecule has 104 valence electrons. The molecule has 2 rings (SSSR count). The quantitative estimate of drug-likeness (QED) is 0.694. The van der Waals surface area contributed by atoms with E-state index in [-0.39, 0.29) is 6.61 Å². The minimum absolute atomic E-state index is 0.113. The maximum Gasteiger partial charge on any atom is 0.0942 e. The van der Waals surface area contributed by atoms with Crippen molar-refractivity contribution in [2.75, 3.05) is 6.61 Å². The van der Waals surface area contributed by atoms with E-state index < -0.39 is 0 Å². The van der Waals surface area contributed by atoms with Crippen LogP contribution in [0.25, 0.3) is 0 Å². The first-order valence-corrected chi connectivity index (χ1v) is 7.49. The molecule has 0 aliphatic carbocycles. The van der Waals surface area contributed by atoms with Crippen molar-refractivity contribution in [2.24, 2.45) is 7.05 Å². The van der Waals surface area contributed by atoms with Gasteiger partial charge in [-0.15, -0.1) is 11.8 Å². The molecule has 0 radical (unpaired) electrons. The molecule has 2 aromatic rings. The first-order valence-electron chi connectivity index (χ1n) is 6.51. The Labute approximate surface area is 124 Å². The third-order valence-electron chi connectivity index (χ3n) is 2.74. The standard InChI is InChI=1S/C16H18N2OS/c1-13-10-16(18(2)17-13)20-12-15-8-5-7-14(11-15)6-3-4-9-19/h5,7-8,10-11,19H,4,9,12H2,1-2H3. The van der Waals surface area contributed by atoms with E-state index in [9.17, 15) is 0 Å². The zero-order chi connectivity index (χ0) is 14.4. The highest BCUT2D eigenvalue weighted by atomic mass is 32.2. The van der Waals surface area contributed by atoms with Gasteiger partial charge in [0, 0.05) is 24.8 Å². The number of aryl methyl sites for hydroxylation is 2. The van der Waals surface area contributed by atoms with Gasteiger partial charge in [0.25, 0.3) is 0 Å². The van der Waals surface area contributed by atoms with E-state index in [1.165, 1.54) is 10.6 Å². The summed E-state index contributed by atoms with van der Waals surface area (Å²) in [6.07, 6.45) is 0.521. The van der Waals surface area contributed by atoms with Crippen LogP contribution < -0.4 is 0 Å². The van der Waals surface area contributed by atoms with Crippen molar-refractivity contribution in [2.45, 2.75) is 24.1 Å². The molecule has 0 saturated carbocycles. The van der Waals surface area contributed by atoms with E-state index in [2.05, 4.69) is 35.1 Å². The van der Waals surface area contributed by atoms with Crippen LogP contribution in [0.4, 0.5) is 0 Å². The number of aliphatic hydroxyl groups is 1. The van der Waals surface area contributed by atoms with Crippen molar-refractivity contribution in [3.63, 3.8) is 0 Å². The largest absolute Gasteiger partial charge is 0.395 e. The molecule has 20 heavy (non-hydrogen) atoms. The maximum atomic E-state index is 8.72. The summed E-state index contributed by atoms with van der Waals surface area (Å²) in [5.74, 6) is 6.90. The normalized spacial score (nSPS) is 10.2. The molecule has 0 spiro atoms. The fraction of sp³-hybridized carbons (Fsp3) is 0.312. The lowest BCUT2D eigenvalue weighted by atomic mass is 10.1. The van der Waals surface area contributed by atoms with Gasteiger partial charge in [0.2, 0.25) is 0 Å². The van der Waals surface area contributed by atoms with E-state index in [4.69, 9.17) is 5.11 Å². The summed E-state index contributed by atoms with van der Waals surface area (Å²) >= 11 is 1.77. The monoisotopic (exact) mass is 286 g/mol. The summed E-state index contributed by atoms with van der Waals surface area (Å²) in [7, 11) is 1.96. The number of benzene rings is 1. The van der Waals surface area contributed by atoms with Gasteiger partial charge in [-0.05, 0) is 30.7 Å². The molecule has 0 fully saturated rings. The minimum atomic E-state index is 0.113. The Balaban J connectivity index is 2.01. The van der Waals surface area contributed by atoms with Crippen LogP contribution in [-0.4, -0.2) is 21.5 Å². The molecular weight excluding hydrogens is 268 g/mol. The molecule has 0 amide bonds. The van der Waals surface area contributed by atoms with Crippen LogP contribution in [0.5, 0.6) is 0 Å². The van der Waals surface area contributed by atoms with E-state index in [0.29, 0.717) is 6.42 Å². The van der Waals surface area contributed by atoms with Gasteiger partial charge in [-0.25, -0.2) is 0 Å². The molecule has 0 aliphatic heterocycles. The van der Waals surface area contributed by atoms with E-state index >= 15 is 0 Å². The lowest BCUT2D eigenvalue weighted by molar-refractivity contribution is 0.305. The van der Waals surface area contributed by atoms with Crippen LogP contribution in [-0.2, 0) is 12.8 Å². The highest BCUT2D eigenvalue weighted by molar-refractivity contribution is 7.98. The number of aliphatic hydroxyl groups excluding tert-OH is 1. The van der Waals surface area contributed by atoms with Crippen molar-refractivity contribution in [1.82, 2.24) is 9.78 Å². The van der Waals surface area contributed by atoms with Gasteiger partial charge in [0.15, 0.2) is 0 Å². The molecule has 1 aromatic heterocycles. The fourth-order valence-corrected chi connectivity index (χ4v) is 2.81. The first kappa shape index (κ1) is 14.7. The molecule has 3 nitrogen and oxygen atoms in total. The van der Waals surface area contributed by atoms with Gasteiger partial charge in [-0.2, -0.15) is 5.10 Å². The lowest BCUT2D eigenvalue weighted by Crippen LogP contribution is -1.92. The summed E-state index contributed by atoms with van der Waals surface area (Å²) in [5, 5.41) is 14.2. The molecular formula is C16H18N2OS. The number of hydrogen-bond acceptors (Lipinski definition) is 3. The minimum Gasteiger partial charge on any atom is -0.395 e. The van der Waals surface area contributed by atoms with Crippen LogP contribution in [0, 0.1) is 18.8 Å². The topological polar surface area (TPSA) is 38.0 Å². The number of rotatable bonds is 4. The number of aromatic nitrogens is 2. The summed E-state index contributed by atoms with van der Waals surface area (Å²) in [5.41, 5.74) is 3.28. The molecule has 4 heteroatoms. The van der Waals surface area contributed by atoms with Crippen molar-refractivity contribution in [3.05, 3.63) is 47.2 Å². The lowest BCUT2D eigenvalue weighted by Gasteiger charge is -2.02. The van der Waals surface area contributed by atoms with Crippen molar-refractivity contribution in [3.8, 4) is 11.8 Å². The van der Waals surface area contributed by atoms with Crippen LogP contribution in [0.15, 0.2) is 35.4 Å². The molecule has 1 aromatic carbocycles. The van der Waals surface area contributed by atoms with E-state index in [0.717, 1.165) is 17.0 Å². The van der Waals surface area contributed by atoms with Gasteiger partial charge >= 0.3 is 0 Å². The van der Waals surface area contributed by atoms with E-state index in [1.54, 1.807) is 11.8 Å². The predicted molar refractivity (Wildman–Crippen MR) is 82.5 cm³/mol. The smallest absolute Gasteiger partial charge is 0.0942 e. The van der Waals surface area contributed by atoms with Gasteiger partial charge in [0.1, 0.15) is 0 Å². The van der Waals surface area contributed by atoms with Crippen LogP contribution in [0.1, 0.15) is 23.2 Å². The van der Waals surface area contributed by atoms with Gasteiger partial charge in [-0.3, -0.25) is 4.68 Å². The number of hydrogen-bond donors (Lipinski definition) is 1. The second-order valence-electron chi connectivity index (χ2n) is 4.51. The highest BCUT2D eigenvalue weighted by Crippen LogP contribution is 2.23. The van der Waals surface area contributed by atoms with Crippen LogP contribution in [0.3, 0.4) is 0 Å². The zero-order valence-corrected chi connectivity index (χ0v) is 12.6. The predicted octanol–water partition coefficient (Wildman–Crippen LogP) is 2.75. The Morgan fingerprint density at radius 1 is 1.35 bits per heavy atom. The zero-order valence-electron chi connectivity index (χ0n) is 11.8. The summed E-state index contributed by atoms with van der Waals surface area (Å²) in [6, 6.07) is 10.3. The van der Waals surface area contributed by atoms with Crippen molar-refractivity contribution in [1.29, 1.82) is 0 Å². The molecule has 0 saturated heterocycles. The average Bonchev–Trinajstić information content (AvgIpc) is 2.76. The summed E-state index contributed by atoms with van der Waals surface area (Å²) in [4.78, 5) is 0. The molecule has 1 heterocycles. The molecule has 0 bridgehead atoms. The fourth-order valence-electron chi connectivity index (χ4n) is 1.84. The van der Waals surface area contributed by atoms with Gasteiger partial charge < -0.3 is 5.11 Å². The second kappa shape index (κ2) is 7.18. The molecule has 0 atom stereocenters. The van der Waals surface area contributed by atoms with Crippen molar-refractivity contribution >= 4 is 11.8 Å². The molecule has 0 unspecified atom stereocenters. The second-order valence-corrected chi connectivity index (χ2v) is 5.51. The van der Waals surface area contributed by atoms with Crippen LogP contribution >= 0.6 is 11.8 Å². The molecule has 1 N–H and O–H groups in total. The van der Waals surface area contributed by atoms with Gasteiger partial charge in [0.05, 0.1) is 17.3 Å². The SMILES string of the molecule is Cc1cc(SCc2cccc(C#CCCO)c2)n(C)n1. The van der Waals surface area contributed by atoms with E-state index in [1.807, 2.05) is 30.8 Å². The Bertz CT molecular complexity index is 637. The van der Waals surface area contributed by atoms with Gasteiger partial charge in [-0.1, -0.05) is 24.0 Å². The Morgan fingerprint density at radius 3 is 2.90 bits per heavy atom. The average molecular weight is 286 g/mol. The number of thioether (sulfide) groups is 1. The maximum absolute atomic E-state index is 8.72. The number of nitrogens with zero attached hydrogens (tertiary/aromatic N) is 2. The third kappa shape index (κ3) is 4.16. The summed E-state index contributed by atoms with van der Waals surface area (Å²) < 4.78 is 1.91. The van der Waals surface area contributed by atoms with Crippen molar-refractivity contribution < 1.29 is 5.11 Å². The summed E-state index contributed by atoms with van der Waals surface area (Å²) in [6.45, 7) is 2.11. The Hall–Kier alpha value is -1.70. The third-order valence-corrected chi connectivity index (χ3v) is 3.90. The highest BCUT2D eigenvalue weighted by Gasteiger charge is 2.03.